The Bertz CT molecular complexity index is 596. The highest BCUT2D eigenvalue weighted by molar-refractivity contribution is 9.10. The van der Waals surface area contributed by atoms with Gasteiger partial charge in [0.05, 0.1) is 5.56 Å². The van der Waals surface area contributed by atoms with Crippen LogP contribution in [-0.2, 0) is 12.6 Å². The maximum Gasteiger partial charge on any atom is 0.416 e. The van der Waals surface area contributed by atoms with Gasteiger partial charge in [-0.05, 0) is 29.7 Å². The first-order valence-electron chi connectivity index (χ1n) is 6.04. The van der Waals surface area contributed by atoms with E-state index in [-0.39, 0.29) is 5.56 Å². The molecule has 2 aromatic carbocycles. The van der Waals surface area contributed by atoms with Crippen LogP contribution in [0.5, 0.6) is 0 Å². The van der Waals surface area contributed by atoms with Crippen molar-refractivity contribution >= 4 is 15.9 Å². The van der Waals surface area contributed by atoms with E-state index in [2.05, 4.69) is 15.9 Å². The van der Waals surface area contributed by atoms with E-state index in [9.17, 15) is 13.2 Å². The van der Waals surface area contributed by atoms with Crippen molar-refractivity contribution in [2.75, 3.05) is 0 Å². The lowest BCUT2D eigenvalue weighted by molar-refractivity contribution is -0.138. The van der Waals surface area contributed by atoms with Crippen molar-refractivity contribution in [3.05, 3.63) is 69.7 Å². The molecule has 0 radical (unpaired) electrons. The van der Waals surface area contributed by atoms with Gasteiger partial charge in [-0.3, -0.25) is 0 Å². The van der Waals surface area contributed by atoms with Crippen LogP contribution in [-0.4, -0.2) is 0 Å². The molecule has 2 N–H and O–H groups in total. The van der Waals surface area contributed by atoms with Gasteiger partial charge in [0.1, 0.15) is 0 Å². The Labute approximate surface area is 123 Å². The molecule has 2 rings (SSSR count). The van der Waals surface area contributed by atoms with Gasteiger partial charge in [0, 0.05) is 10.5 Å². The molecule has 1 nitrogen and oxygen atoms in total. The molecule has 0 aromatic heterocycles. The van der Waals surface area contributed by atoms with Gasteiger partial charge >= 0.3 is 6.18 Å². The zero-order chi connectivity index (χ0) is 14.8. The molecule has 0 spiro atoms. The molecule has 0 heterocycles. The van der Waals surface area contributed by atoms with E-state index in [0.717, 1.165) is 16.1 Å². The lowest BCUT2D eigenvalue weighted by Gasteiger charge is -2.18. The van der Waals surface area contributed by atoms with E-state index in [1.54, 1.807) is 6.07 Å². The van der Waals surface area contributed by atoms with Crippen molar-refractivity contribution in [2.45, 2.75) is 18.6 Å². The van der Waals surface area contributed by atoms with Gasteiger partial charge in [0.15, 0.2) is 0 Å². The van der Waals surface area contributed by atoms with Crippen LogP contribution in [0.25, 0.3) is 0 Å². The average Bonchev–Trinajstić information content (AvgIpc) is 2.40. The van der Waals surface area contributed by atoms with E-state index in [1.165, 1.54) is 12.1 Å². The highest BCUT2D eigenvalue weighted by Crippen LogP contribution is 2.35. The zero-order valence-corrected chi connectivity index (χ0v) is 12.1. The van der Waals surface area contributed by atoms with Gasteiger partial charge in [-0.1, -0.05) is 52.3 Å². The Hall–Kier alpha value is -1.33. The summed E-state index contributed by atoms with van der Waals surface area (Å²) in [5.74, 6) is 0. The summed E-state index contributed by atoms with van der Waals surface area (Å²) in [6.07, 6.45) is -4.04. The molecule has 0 saturated carbocycles. The Kier molecular flexibility index (Phi) is 4.50. The fraction of sp³-hybridized carbons (Fsp3) is 0.200. The lowest BCUT2D eigenvalue weighted by Crippen LogP contribution is -2.19. The molecule has 0 aliphatic rings. The predicted octanol–water partition coefficient (Wildman–Crippen LogP) is 4.71. The van der Waals surface area contributed by atoms with Crippen LogP contribution in [0.1, 0.15) is 22.7 Å². The van der Waals surface area contributed by atoms with Crippen molar-refractivity contribution < 1.29 is 13.2 Å². The summed E-state index contributed by atoms with van der Waals surface area (Å²) in [5, 5.41) is 0. The van der Waals surface area contributed by atoms with Crippen LogP contribution in [0.3, 0.4) is 0 Å². The third kappa shape index (κ3) is 3.41. The van der Waals surface area contributed by atoms with Crippen molar-refractivity contribution in [3.8, 4) is 0 Å². The Morgan fingerprint density at radius 2 is 1.60 bits per heavy atom. The third-order valence-corrected chi connectivity index (χ3v) is 3.84. The minimum Gasteiger partial charge on any atom is -0.324 e. The number of hydrogen-bond acceptors (Lipinski definition) is 1. The lowest BCUT2D eigenvalue weighted by atomic mass is 9.95. The minimum atomic E-state index is -4.39. The van der Waals surface area contributed by atoms with Gasteiger partial charge in [-0.25, -0.2) is 0 Å². The second kappa shape index (κ2) is 5.97. The Morgan fingerprint density at radius 3 is 2.25 bits per heavy atom. The van der Waals surface area contributed by atoms with Crippen LogP contribution < -0.4 is 5.73 Å². The maximum absolute atomic E-state index is 13.0. The molecule has 106 valence electrons. The van der Waals surface area contributed by atoms with Gasteiger partial charge in [-0.15, -0.1) is 0 Å². The van der Waals surface area contributed by atoms with Crippen molar-refractivity contribution in [1.29, 1.82) is 0 Å². The summed E-state index contributed by atoms with van der Waals surface area (Å²) in [6.45, 7) is 0. The van der Waals surface area contributed by atoms with E-state index < -0.39 is 17.8 Å². The summed E-state index contributed by atoms with van der Waals surface area (Å²) >= 11 is 3.38. The number of hydrogen-bond donors (Lipinski definition) is 1. The average molecular weight is 344 g/mol. The molecule has 0 fully saturated rings. The van der Waals surface area contributed by atoms with Crippen LogP contribution in [0.2, 0.25) is 0 Å². The number of rotatable bonds is 3. The quantitative estimate of drug-likeness (QED) is 0.857. The molecule has 0 amide bonds. The highest BCUT2D eigenvalue weighted by Gasteiger charge is 2.34. The minimum absolute atomic E-state index is 0.121. The van der Waals surface area contributed by atoms with Gasteiger partial charge in [0.2, 0.25) is 0 Å². The normalized spacial score (nSPS) is 13.2. The maximum atomic E-state index is 13.0. The first kappa shape index (κ1) is 15.1. The summed E-state index contributed by atoms with van der Waals surface area (Å²) < 4.78 is 39.7. The summed E-state index contributed by atoms with van der Waals surface area (Å²) in [4.78, 5) is 0. The zero-order valence-electron chi connectivity index (χ0n) is 10.5. The van der Waals surface area contributed by atoms with Gasteiger partial charge in [0.25, 0.3) is 0 Å². The molecule has 5 heteroatoms. The van der Waals surface area contributed by atoms with E-state index in [4.69, 9.17) is 5.73 Å². The second-order valence-corrected chi connectivity index (χ2v) is 5.34. The third-order valence-electron chi connectivity index (χ3n) is 3.06. The number of benzene rings is 2. The second-order valence-electron chi connectivity index (χ2n) is 4.49. The summed E-state index contributed by atoms with van der Waals surface area (Å²) in [7, 11) is 0. The number of alkyl halides is 3. The highest BCUT2D eigenvalue weighted by atomic mass is 79.9. The first-order valence-corrected chi connectivity index (χ1v) is 6.84. The van der Waals surface area contributed by atoms with Crippen molar-refractivity contribution in [3.63, 3.8) is 0 Å². The molecular formula is C15H13BrF3N. The van der Waals surface area contributed by atoms with Crippen LogP contribution >= 0.6 is 15.9 Å². The standard InChI is InChI=1S/C15H13BrF3N/c16-13-8-4-1-5-10(13)9-14(20)11-6-2-3-7-12(11)15(17,18)19/h1-8,14H,9,20H2. The molecule has 0 bridgehead atoms. The first-order chi connectivity index (χ1) is 9.39. The van der Waals surface area contributed by atoms with Crippen LogP contribution in [0.15, 0.2) is 53.0 Å². The fourth-order valence-electron chi connectivity index (χ4n) is 2.09. The smallest absolute Gasteiger partial charge is 0.324 e. The summed E-state index contributed by atoms with van der Waals surface area (Å²) in [6, 6.07) is 12.1. The van der Waals surface area contributed by atoms with Gasteiger partial charge in [-0.2, -0.15) is 13.2 Å². The molecule has 1 atom stereocenters. The molecule has 0 aliphatic heterocycles. The summed E-state index contributed by atoms with van der Waals surface area (Å²) in [5.41, 5.74) is 6.31. The molecule has 0 saturated heterocycles. The van der Waals surface area contributed by atoms with E-state index in [1.807, 2.05) is 24.3 Å². The Balaban J connectivity index is 2.31. The number of halogens is 4. The monoisotopic (exact) mass is 343 g/mol. The molecule has 1 unspecified atom stereocenters. The topological polar surface area (TPSA) is 26.0 Å². The van der Waals surface area contributed by atoms with Crippen molar-refractivity contribution in [2.24, 2.45) is 5.73 Å². The van der Waals surface area contributed by atoms with E-state index in [0.29, 0.717) is 6.42 Å². The predicted molar refractivity (Wildman–Crippen MR) is 76.2 cm³/mol. The molecule has 0 aliphatic carbocycles. The molecular weight excluding hydrogens is 331 g/mol. The van der Waals surface area contributed by atoms with Crippen LogP contribution in [0.4, 0.5) is 13.2 Å². The Morgan fingerprint density at radius 1 is 1.00 bits per heavy atom. The molecule has 2 aromatic rings. The van der Waals surface area contributed by atoms with Gasteiger partial charge < -0.3 is 5.73 Å². The SMILES string of the molecule is NC(Cc1ccccc1Br)c1ccccc1C(F)(F)F. The van der Waals surface area contributed by atoms with E-state index >= 15 is 0 Å². The van der Waals surface area contributed by atoms with Crippen molar-refractivity contribution in [1.82, 2.24) is 0 Å². The largest absolute Gasteiger partial charge is 0.416 e. The number of nitrogens with two attached hydrogens (primary N) is 1. The van der Waals surface area contributed by atoms with Crippen LogP contribution in [0, 0.1) is 0 Å². The fourth-order valence-corrected chi connectivity index (χ4v) is 2.54. The molecule has 20 heavy (non-hydrogen) atoms.